The minimum Gasteiger partial charge on any atom is -0.369 e. The summed E-state index contributed by atoms with van der Waals surface area (Å²) in [7, 11) is 0. The number of fused-ring (bicyclic) bond motifs is 1. The standard InChI is InChI=1S/C15H15ClN6OS/c1-8-3-4-10(6-11(8)16)19-13(23)7-24-15-21-20-12-5-9(2)18-14(17)22(12)15/h3-6H,7H2,1-2H3,(H2,17,18)(H,19,23). The van der Waals surface area contributed by atoms with Crippen LogP contribution in [0.1, 0.15) is 11.3 Å². The van der Waals surface area contributed by atoms with Gasteiger partial charge < -0.3 is 11.1 Å². The van der Waals surface area contributed by atoms with Gasteiger partial charge in [-0.25, -0.2) is 9.38 Å². The summed E-state index contributed by atoms with van der Waals surface area (Å²) in [5.74, 6) is 0.290. The lowest BCUT2D eigenvalue weighted by molar-refractivity contribution is -0.113. The number of nitrogens with two attached hydrogens (primary N) is 1. The molecule has 0 bridgehead atoms. The molecule has 0 fully saturated rings. The van der Waals surface area contributed by atoms with Gasteiger partial charge in [0.05, 0.1) is 5.75 Å². The molecule has 0 saturated heterocycles. The van der Waals surface area contributed by atoms with E-state index in [0.717, 1.165) is 11.3 Å². The molecule has 0 aliphatic heterocycles. The largest absolute Gasteiger partial charge is 0.369 e. The fourth-order valence-electron chi connectivity index (χ4n) is 2.13. The predicted molar refractivity (Wildman–Crippen MR) is 95.5 cm³/mol. The molecule has 124 valence electrons. The first-order chi connectivity index (χ1) is 11.4. The highest BCUT2D eigenvalue weighted by atomic mass is 35.5. The number of thioether (sulfide) groups is 1. The molecule has 0 aliphatic carbocycles. The van der Waals surface area contributed by atoms with Crippen molar-refractivity contribution in [2.75, 3.05) is 16.8 Å². The molecule has 3 rings (SSSR count). The number of halogens is 1. The van der Waals surface area contributed by atoms with Crippen molar-refractivity contribution >= 4 is 46.6 Å². The molecule has 0 atom stereocenters. The van der Waals surface area contributed by atoms with Crippen LogP contribution in [0.3, 0.4) is 0 Å². The molecule has 0 unspecified atom stereocenters. The van der Waals surface area contributed by atoms with E-state index in [2.05, 4.69) is 20.5 Å². The second-order valence-corrected chi connectivity index (χ2v) is 6.58. The van der Waals surface area contributed by atoms with Gasteiger partial charge in [0.2, 0.25) is 11.9 Å². The molecule has 2 heterocycles. The van der Waals surface area contributed by atoms with Crippen LogP contribution in [0.4, 0.5) is 11.6 Å². The summed E-state index contributed by atoms with van der Waals surface area (Å²) in [4.78, 5) is 16.3. The molecule has 3 N–H and O–H groups in total. The summed E-state index contributed by atoms with van der Waals surface area (Å²) in [6, 6.07) is 7.16. The quantitative estimate of drug-likeness (QED) is 0.692. The highest BCUT2D eigenvalue weighted by Gasteiger charge is 2.13. The van der Waals surface area contributed by atoms with E-state index < -0.39 is 0 Å². The maximum atomic E-state index is 12.1. The summed E-state index contributed by atoms with van der Waals surface area (Å²) in [6.45, 7) is 3.73. The third-order valence-corrected chi connectivity index (χ3v) is 4.64. The van der Waals surface area contributed by atoms with Gasteiger partial charge in [-0.15, -0.1) is 10.2 Å². The molecule has 9 heteroatoms. The molecule has 7 nitrogen and oxygen atoms in total. The Hall–Kier alpha value is -2.32. The van der Waals surface area contributed by atoms with Crippen LogP contribution in [0, 0.1) is 13.8 Å². The Bertz CT molecular complexity index is 926. The van der Waals surface area contributed by atoms with Crippen LogP contribution >= 0.6 is 23.4 Å². The predicted octanol–water partition coefficient (Wildman–Crippen LogP) is 2.71. The number of benzene rings is 1. The minimum atomic E-state index is -0.171. The lowest BCUT2D eigenvalue weighted by Gasteiger charge is -2.07. The summed E-state index contributed by atoms with van der Waals surface area (Å²) in [6.07, 6.45) is 0. The first-order valence-electron chi connectivity index (χ1n) is 7.11. The van der Waals surface area contributed by atoms with Crippen molar-refractivity contribution < 1.29 is 4.79 Å². The first kappa shape index (κ1) is 16.5. The molecular formula is C15H15ClN6OS. The molecule has 24 heavy (non-hydrogen) atoms. The number of aryl methyl sites for hydroxylation is 2. The maximum absolute atomic E-state index is 12.1. The molecule has 0 spiro atoms. The number of hydrogen-bond acceptors (Lipinski definition) is 6. The van der Waals surface area contributed by atoms with E-state index in [-0.39, 0.29) is 11.7 Å². The van der Waals surface area contributed by atoms with E-state index in [9.17, 15) is 4.79 Å². The third kappa shape index (κ3) is 3.44. The van der Waals surface area contributed by atoms with Crippen molar-refractivity contribution in [1.29, 1.82) is 0 Å². The molecule has 0 saturated carbocycles. The average molecular weight is 363 g/mol. The van der Waals surface area contributed by atoms with E-state index in [1.165, 1.54) is 11.8 Å². The van der Waals surface area contributed by atoms with Gasteiger partial charge in [-0.3, -0.25) is 4.79 Å². The molecule has 1 amide bonds. The van der Waals surface area contributed by atoms with E-state index in [0.29, 0.717) is 27.5 Å². The lowest BCUT2D eigenvalue weighted by Crippen LogP contribution is -2.14. The number of nitrogens with zero attached hydrogens (tertiary/aromatic N) is 4. The van der Waals surface area contributed by atoms with Gasteiger partial charge >= 0.3 is 0 Å². The van der Waals surface area contributed by atoms with Crippen LogP contribution < -0.4 is 11.1 Å². The van der Waals surface area contributed by atoms with Gasteiger partial charge in [0.15, 0.2) is 10.8 Å². The van der Waals surface area contributed by atoms with Crippen molar-refractivity contribution in [2.24, 2.45) is 0 Å². The average Bonchev–Trinajstić information content (AvgIpc) is 2.92. The number of hydrogen-bond donors (Lipinski definition) is 2. The second-order valence-electron chi connectivity index (χ2n) is 5.23. The maximum Gasteiger partial charge on any atom is 0.234 e. The number of nitrogen functional groups attached to an aromatic ring is 1. The van der Waals surface area contributed by atoms with Gasteiger partial charge in [0.1, 0.15) is 0 Å². The number of nitrogens with one attached hydrogen (secondary N) is 1. The third-order valence-electron chi connectivity index (χ3n) is 3.30. The molecule has 1 aromatic carbocycles. The number of aromatic nitrogens is 4. The van der Waals surface area contributed by atoms with E-state index >= 15 is 0 Å². The van der Waals surface area contributed by atoms with Gasteiger partial charge in [0, 0.05) is 22.5 Å². The second kappa shape index (κ2) is 6.66. The molecule has 0 aliphatic rings. The summed E-state index contributed by atoms with van der Waals surface area (Å²) < 4.78 is 1.62. The van der Waals surface area contributed by atoms with Crippen LogP contribution in [-0.2, 0) is 4.79 Å². The Labute approximate surface area is 147 Å². The Morgan fingerprint density at radius 1 is 1.33 bits per heavy atom. The number of amides is 1. The Kier molecular flexibility index (Phi) is 4.59. The lowest BCUT2D eigenvalue weighted by atomic mass is 10.2. The van der Waals surface area contributed by atoms with E-state index in [4.69, 9.17) is 17.3 Å². The monoisotopic (exact) mass is 362 g/mol. The Morgan fingerprint density at radius 3 is 2.88 bits per heavy atom. The Balaban J connectivity index is 1.69. The van der Waals surface area contributed by atoms with Gasteiger partial charge in [-0.05, 0) is 31.5 Å². The summed E-state index contributed by atoms with van der Waals surface area (Å²) >= 11 is 7.29. The van der Waals surface area contributed by atoms with Gasteiger partial charge in [-0.1, -0.05) is 29.4 Å². The smallest absolute Gasteiger partial charge is 0.234 e. The fourth-order valence-corrected chi connectivity index (χ4v) is 3.06. The SMILES string of the molecule is Cc1cc2nnc(SCC(=O)Nc3ccc(C)c(Cl)c3)n2c(N)n1. The fraction of sp³-hybridized carbons (Fsp3) is 0.200. The van der Waals surface area contributed by atoms with E-state index in [1.807, 2.05) is 19.9 Å². The van der Waals surface area contributed by atoms with Crippen LogP contribution in [0.25, 0.3) is 5.65 Å². The molecular weight excluding hydrogens is 348 g/mol. The normalized spacial score (nSPS) is 11.0. The number of rotatable bonds is 4. The highest BCUT2D eigenvalue weighted by molar-refractivity contribution is 7.99. The van der Waals surface area contributed by atoms with Crippen molar-refractivity contribution in [3.8, 4) is 0 Å². The van der Waals surface area contributed by atoms with Gasteiger partial charge in [0.25, 0.3) is 0 Å². The number of carbonyl (C=O) groups excluding carboxylic acids is 1. The zero-order valence-electron chi connectivity index (χ0n) is 13.1. The molecule has 0 radical (unpaired) electrons. The van der Waals surface area contributed by atoms with Crippen molar-refractivity contribution in [3.63, 3.8) is 0 Å². The topological polar surface area (TPSA) is 98.2 Å². The number of carbonyl (C=O) groups is 1. The number of anilines is 2. The highest BCUT2D eigenvalue weighted by Crippen LogP contribution is 2.22. The van der Waals surface area contributed by atoms with Crippen LogP contribution in [0.15, 0.2) is 29.4 Å². The van der Waals surface area contributed by atoms with Crippen molar-refractivity contribution in [3.05, 3.63) is 40.5 Å². The Morgan fingerprint density at radius 2 is 2.12 bits per heavy atom. The van der Waals surface area contributed by atoms with Gasteiger partial charge in [-0.2, -0.15) is 0 Å². The van der Waals surface area contributed by atoms with Crippen LogP contribution in [0.5, 0.6) is 0 Å². The van der Waals surface area contributed by atoms with Crippen molar-refractivity contribution in [2.45, 2.75) is 19.0 Å². The zero-order valence-corrected chi connectivity index (χ0v) is 14.6. The van der Waals surface area contributed by atoms with Crippen LogP contribution in [0.2, 0.25) is 5.02 Å². The van der Waals surface area contributed by atoms with Crippen LogP contribution in [-0.4, -0.2) is 31.2 Å². The zero-order chi connectivity index (χ0) is 17.3. The van der Waals surface area contributed by atoms with E-state index in [1.54, 1.807) is 22.6 Å². The first-order valence-corrected chi connectivity index (χ1v) is 8.47. The summed E-state index contributed by atoms with van der Waals surface area (Å²) in [5, 5.41) is 12.0. The summed E-state index contributed by atoms with van der Waals surface area (Å²) in [5.41, 5.74) is 8.88. The minimum absolute atomic E-state index is 0.166. The molecule has 3 aromatic rings. The molecule has 2 aromatic heterocycles. The van der Waals surface area contributed by atoms with Crippen molar-refractivity contribution in [1.82, 2.24) is 19.6 Å².